The van der Waals surface area contributed by atoms with Crippen molar-refractivity contribution in [3.8, 4) is 0 Å². The molecule has 3 N–H and O–H groups in total. The highest BCUT2D eigenvalue weighted by Crippen LogP contribution is 2.28. The van der Waals surface area contributed by atoms with Crippen molar-refractivity contribution < 1.29 is 10.6 Å². The largest absolute Gasteiger partial charge is 0.412 e. The van der Waals surface area contributed by atoms with E-state index in [0.29, 0.717) is 0 Å². The first-order valence-corrected chi connectivity index (χ1v) is 9.95. The number of allylic oxidation sites excluding steroid dienone is 2. The monoisotopic (exact) mass is 337 g/mol. The second-order valence-electron chi connectivity index (χ2n) is 7.61. The van der Waals surface area contributed by atoms with E-state index in [0.717, 1.165) is 30.5 Å². The van der Waals surface area contributed by atoms with Crippen LogP contribution in [0.1, 0.15) is 84.0 Å². The summed E-state index contributed by atoms with van der Waals surface area (Å²) >= 11 is 0. The maximum absolute atomic E-state index is 9.06. The Labute approximate surface area is 149 Å². The lowest BCUT2D eigenvalue weighted by Crippen LogP contribution is -2.42. The molecule has 0 aliphatic heterocycles. The SMILES string of the molecule is CC(O)C1=CCCC=C1.CN(C1CCCCC1)C1CCCCC1.O. The summed E-state index contributed by atoms with van der Waals surface area (Å²) in [7, 11) is 2.38. The van der Waals surface area contributed by atoms with E-state index in [2.05, 4.69) is 24.1 Å². The summed E-state index contributed by atoms with van der Waals surface area (Å²) in [5.41, 5.74) is 1.06. The van der Waals surface area contributed by atoms with Crippen LogP contribution >= 0.6 is 0 Å². The molecule has 3 heteroatoms. The van der Waals surface area contributed by atoms with Gasteiger partial charge in [0.25, 0.3) is 0 Å². The molecule has 2 saturated carbocycles. The van der Waals surface area contributed by atoms with E-state index in [-0.39, 0.29) is 11.6 Å². The Kier molecular flexibility index (Phi) is 10.6. The predicted molar refractivity (Wildman–Crippen MR) is 103 cm³/mol. The van der Waals surface area contributed by atoms with Crippen LogP contribution in [0.4, 0.5) is 0 Å². The molecular weight excluding hydrogens is 298 g/mol. The van der Waals surface area contributed by atoms with Crippen LogP contribution < -0.4 is 0 Å². The number of rotatable bonds is 3. The Morgan fingerprint density at radius 2 is 1.42 bits per heavy atom. The van der Waals surface area contributed by atoms with Gasteiger partial charge in [-0.1, -0.05) is 56.8 Å². The Hall–Kier alpha value is -0.640. The molecule has 0 heterocycles. The number of hydrogen-bond acceptors (Lipinski definition) is 2. The Balaban J connectivity index is 0.000000252. The Morgan fingerprint density at radius 1 is 0.917 bits per heavy atom. The van der Waals surface area contributed by atoms with Crippen LogP contribution in [0.3, 0.4) is 0 Å². The highest BCUT2D eigenvalue weighted by Gasteiger charge is 2.25. The van der Waals surface area contributed by atoms with Crippen molar-refractivity contribution in [1.29, 1.82) is 0 Å². The molecule has 0 amide bonds. The number of hydrogen-bond donors (Lipinski definition) is 1. The molecule has 1 atom stereocenters. The fourth-order valence-electron chi connectivity index (χ4n) is 4.22. The third kappa shape index (κ3) is 7.08. The summed E-state index contributed by atoms with van der Waals surface area (Å²) in [6.45, 7) is 1.79. The highest BCUT2D eigenvalue weighted by molar-refractivity contribution is 5.24. The number of aliphatic hydroxyl groups excluding tert-OH is 1. The van der Waals surface area contributed by atoms with Gasteiger partial charge in [-0.25, -0.2) is 0 Å². The molecule has 24 heavy (non-hydrogen) atoms. The minimum absolute atomic E-state index is 0. The zero-order valence-corrected chi connectivity index (χ0v) is 15.8. The standard InChI is InChI=1S/C13H25N.C8H12O.H2O/c1-14(12-8-4-2-5-9-12)13-10-6-3-7-11-13;1-7(9)8-5-3-2-4-6-8;/h12-13H,2-11H2,1H3;3,5-7,9H,2,4H2,1H3;1H2. The lowest BCUT2D eigenvalue weighted by atomic mass is 9.89. The first-order chi connectivity index (χ1) is 11.2. The van der Waals surface area contributed by atoms with Crippen molar-refractivity contribution in [2.45, 2.75) is 102 Å². The van der Waals surface area contributed by atoms with Gasteiger partial charge in [-0.05, 0) is 58.1 Å². The fraction of sp³-hybridized carbons (Fsp3) is 0.810. The molecule has 1 unspecified atom stereocenters. The van der Waals surface area contributed by atoms with Crippen LogP contribution in [0, 0.1) is 0 Å². The second kappa shape index (κ2) is 11.8. The summed E-state index contributed by atoms with van der Waals surface area (Å²) in [4.78, 5) is 2.72. The first-order valence-electron chi connectivity index (χ1n) is 9.95. The van der Waals surface area contributed by atoms with E-state index in [9.17, 15) is 0 Å². The first kappa shape index (κ1) is 21.4. The molecule has 3 rings (SSSR count). The van der Waals surface area contributed by atoms with Crippen LogP contribution in [-0.2, 0) is 0 Å². The molecule has 0 bridgehead atoms. The van der Waals surface area contributed by atoms with Gasteiger partial charge < -0.3 is 15.5 Å². The van der Waals surface area contributed by atoms with Gasteiger partial charge in [-0.2, -0.15) is 0 Å². The average molecular weight is 338 g/mol. The quantitative estimate of drug-likeness (QED) is 0.829. The molecule has 0 radical (unpaired) electrons. The van der Waals surface area contributed by atoms with Crippen molar-refractivity contribution in [1.82, 2.24) is 4.90 Å². The lowest BCUT2D eigenvalue weighted by Gasteiger charge is -2.39. The maximum atomic E-state index is 9.06. The fourth-order valence-corrected chi connectivity index (χ4v) is 4.22. The van der Waals surface area contributed by atoms with E-state index in [1.54, 1.807) is 6.92 Å². The zero-order chi connectivity index (χ0) is 16.5. The second-order valence-corrected chi connectivity index (χ2v) is 7.61. The molecule has 3 nitrogen and oxygen atoms in total. The molecule has 0 aromatic heterocycles. The zero-order valence-electron chi connectivity index (χ0n) is 15.8. The molecule has 0 saturated heterocycles. The molecule has 3 aliphatic carbocycles. The van der Waals surface area contributed by atoms with Gasteiger partial charge in [0.15, 0.2) is 0 Å². The van der Waals surface area contributed by atoms with Gasteiger partial charge in [0.1, 0.15) is 0 Å². The molecule has 140 valence electrons. The van der Waals surface area contributed by atoms with Crippen LogP contribution in [-0.4, -0.2) is 40.7 Å². The van der Waals surface area contributed by atoms with Gasteiger partial charge in [-0.15, -0.1) is 0 Å². The van der Waals surface area contributed by atoms with Crippen LogP contribution in [0.2, 0.25) is 0 Å². The van der Waals surface area contributed by atoms with Crippen LogP contribution in [0.5, 0.6) is 0 Å². The smallest absolute Gasteiger partial charge is 0.0758 e. The van der Waals surface area contributed by atoms with Crippen molar-refractivity contribution in [2.75, 3.05) is 7.05 Å². The molecule has 3 aliphatic rings. The van der Waals surface area contributed by atoms with E-state index >= 15 is 0 Å². The van der Waals surface area contributed by atoms with Gasteiger partial charge in [0.2, 0.25) is 0 Å². The Bertz CT molecular complexity index is 359. The topological polar surface area (TPSA) is 55.0 Å². The number of aliphatic hydroxyl groups is 1. The van der Waals surface area contributed by atoms with Crippen molar-refractivity contribution >= 4 is 0 Å². The van der Waals surface area contributed by atoms with Crippen LogP contribution in [0.25, 0.3) is 0 Å². The molecule has 2 fully saturated rings. The molecule has 0 spiro atoms. The number of nitrogens with zero attached hydrogens (tertiary/aromatic N) is 1. The predicted octanol–water partition coefficient (Wildman–Crippen LogP) is 4.40. The molecular formula is C21H39NO2. The van der Waals surface area contributed by atoms with E-state index in [1.807, 2.05) is 6.08 Å². The van der Waals surface area contributed by atoms with Crippen molar-refractivity contribution in [2.24, 2.45) is 0 Å². The van der Waals surface area contributed by atoms with Crippen molar-refractivity contribution in [3.63, 3.8) is 0 Å². The van der Waals surface area contributed by atoms with Crippen molar-refractivity contribution in [3.05, 3.63) is 23.8 Å². The normalized spacial score (nSPS) is 23.8. The summed E-state index contributed by atoms with van der Waals surface area (Å²) < 4.78 is 0. The molecule has 0 aromatic rings. The van der Waals surface area contributed by atoms with Gasteiger partial charge in [-0.3, -0.25) is 0 Å². The van der Waals surface area contributed by atoms with E-state index in [1.165, 1.54) is 64.2 Å². The lowest BCUT2D eigenvalue weighted by molar-refractivity contribution is 0.111. The molecule has 0 aromatic carbocycles. The highest BCUT2D eigenvalue weighted by atomic mass is 16.3. The summed E-state index contributed by atoms with van der Waals surface area (Å²) in [6.07, 6.45) is 22.8. The Morgan fingerprint density at radius 3 is 1.75 bits per heavy atom. The minimum Gasteiger partial charge on any atom is -0.412 e. The van der Waals surface area contributed by atoms with Gasteiger partial charge >= 0.3 is 0 Å². The van der Waals surface area contributed by atoms with Crippen LogP contribution in [0.15, 0.2) is 23.8 Å². The third-order valence-electron chi connectivity index (χ3n) is 5.81. The average Bonchev–Trinajstić information content (AvgIpc) is 2.64. The third-order valence-corrected chi connectivity index (χ3v) is 5.81. The van der Waals surface area contributed by atoms with E-state index < -0.39 is 0 Å². The summed E-state index contributed by atoms with van der Waals surface area (Å²) in [6, 6.07) is 1.85. The summed E-state index contributed by atoms with van der Waals surface area (Å²) in [5, 5.41) is 9.06. The van der Waals surface area contributed by atoms with E-state index in [4.69, 9.17) is 5.11 Å². The van der Waals surface area contributed by atoms with Gasteiger partial charge in [0.05, 0.1) is 6.10 Å². The van der Waals surface area contributed by atoms with Gasteiger partial charge in [0, 0.05) is 12.1 Å². The summed E-state index contributed by atoms with van der Waals surface area (Å²) in [5.74, 6) is 0. The minimum atomic E-state index is -0.290. The maximum Gasteiger partial charge on any atom is 0.0758 e.